The fourth-order valence-electron chi connectivity index (χ4n) is 1.51. The van der Waals surface area contributed by atoms with Crippen LogP contribution in [0.1, 0.15) is 12.8 Å². The lowest BCUT2D eigenvalue weighted by molar-refractivity contribution is 0.136. The standard InChI is InChI=1S/C6H15NO3.C4H8O2S/c8-4-1-7(2-5-9)3-6-10;5-7(6)3-1-2-4-7/h8-10H,1-6H2;1-4H2. The van der Waals surface area contributed by atoms with Gasteiger partial charge < -0.3 is 15.3 Å². The van der Waals surface area contributed by atoms with Crippen LogP contribution >= 0.6 is 0 Å². The van der Waals surface area contributed by atoms with E-state index < -0.39 is 9.84 Å². The Kier molecular flexibility index (Phi) is 9.66. The third-order valence-electron chi connectivity index (χ3n) is 2.41. The van der Waals surface area contributed by atoms with Gasteiger partial charge in [0, 0.05) is 19.6 Å². The molecule has 0 saturated carbocycles. The topological polar surface area (TPSA) is 98.1 Å². The number of nitrogens with zero attached hydrogens (tertiary/aromatic N) is 1. The van der Waals surface area contributed by atoms with Gasteiger partial charge in [-0.3, -0.25) is 4.90 Å². The van der Waals surface area contributed by atoms with E-state index in [1.54, 1.807) is 4.90 Å². The van der Waals surface area contributed by atoms with Crippen LogP contribution in [0.15, 0.2) is 0 Å². The van der Waals surface area contributed by atoms with Crippen LogP contribution in [0.4, 0.5) is 0 Å². The Morgan fingerprint density at radius 2 is 1.18 bits per heavy atom. The summed E-state index contributed by atoms with van der Waals surface area (Å²) < 4.78 is 20.9. The molecule has 17 heavy (non-hydrogen) atoms. The van der Waals surface area contributed by atoms with Crippen molar-refractivity contribution in [2.24, 2.45) is 0 Å². The highest BCUT2D eigenvalue weighted by atomic mass is 32.2. The Hall–Kier alpha value is -0.210. The maximum absolute atomic E-state index is 10.4. The van der Waals surface area contributed by atoms with Gasteiger partial charge in [-0.2, -0.15) is 0 Å². The van der Waals surface area contributed by atoms with Crippen molar-refractivity contribution in [1.29, 1.82) is 0 Å². The van der Waals surface area contributed by atoms with Crippen LogP contribution in [-0.2, 0) is 9.84 Å². The molecule has 0 aliphatic carbocycles. The van der Waals surface area contributed by atoms with Crippen molar-refractivity contribution in [1.82, 2.24) is 4.90 Å². The molecule has 1 fully saturated rings. The molecule has 1 saturated heterocycles. The second-order valence-corrected chi connectivity index (χ2v) is 6.18. The number of aliphatic hydroxyl groups excluding tert-OH is 3. The van der Waals surface area contributed by atoms with E-state index in [-0.39, 0.29) is 19.8 Å². The Morgan fingerprint density at radius 1 is 0.824 bits per heavy atom. The molecule has 0 radical (unpaired) electrons. The maximum Gasteiger partial charge on any atom is 0.150 e. The van der Waals surface area contributed by atoms with Gasteiger partial charge in [-0.15, -0.1) is 0 Å². The van der Waals surface area contributed by atoms with E-state index in [0.29, 0.717) is 31.1 Å². The Labute approximate surface area is 103 Å². The van der Waals surface area contributed by atoms with Crippen LogP contribution in [0.2, 0.25) is 0 Å². The smallest absolute Gasteiger partial charge is 0.150 e. The van der Waals surface area contributed by atoms with Crippen molar-refractivity contribution in [2.75, 3.05) is 51.0 Å². The highest BCUT2D eigenvalue weighted by Gasteiger charge is 2.16. The van der Waals surface area contributed by atoms with E-state index >= 15 is 0 Å². The highest BCUT2D eigenvalue weighted by molar-refractivity contribution is 7.91. The van der Waals surface area contributed by atoms with Gasteiger partial charge in [-0.1, -0.05) is 0 Å². The second-order valence-electron chi connectivity index (χ2n) is 3.87. The molecular formula is C10H23NO5S. The minimum absolute atomic E-state index is 0.0694. The van der Waals surface area contributed by atoms with Gasteiger partial charge in [0.1, 0.15) is 9.84 Å². The van der Waals surface area contributed by atoms with Crippen molar-refractivity contribution in [2.45, 2.75) is 12.8 Å². The second kappa shape index (κ2) is 9.78. The molecule has 1 aliphatic rings. The van der Waals surface area contributed by atoms with E-state index in [0.717, 1.165) is 12.8 Å². The summed E-state index contributed by atoms with van der Waals surface area (Å²) in [4.78, 5) is 1.79. The predicted octanol–water partition coefficient (Wildman–Crippen LogP) is -1.54. The SMILES string of the molecule is O=S1(=O)CCCC1.OCCN(CCO)CCO. The van der Waals surface area contributed by atoms with E-state index in [4.69, 9.17) is 15.3 Å². The molecular weight excluding hydrogens is 246 g/mol. The summed E-state index contributed by atoms with van der Waals surface area (Å²) in [7, 11) is -2.55. The summed E-state index contributed by atoms with van der Waals surface area (Å²) in [6, 6.07) is 0. The van der Waals surface area contributed by atoms with Crippen LogP contribution in [0.25, 0.3) is 0 Å². The zero-order valence-electron chi connectivity index (χ0n) is 10.1. The number of rotatable bonds is 6. The zero-order chi connectivity index (χ0) is 13.1. The van der Waals surface area contributed by atoms with E-state index in [1.165, 1.54) is 0 Å². The Bertz CT molecular complexity index is 242. The number of hydrogen-bond donors (Lipinski definition) is 3. The number of aliphatic hydroxyl groups is 3. The molecule has 0 amide bonds. The van der Waals surface area contributed by atoms with Crippen molar-refractivity contribution >= 4 is 9.84 Å². The van der Waals surface area contributed by atoms with Gasteiger partial charge in [0.05, 0.1) is 31.3 Å². The van der Waals surface area contributed by atoms with Crippen LogP contribution in [0, 0.1) is 0 Å². The molecule has 0 spiro atoms. The van der Waals surface area contributed by atoms with Gasteiger partial charge >= 0.3 is 0 Å². The predicted molar refractivity (Wildman–Crippen MR) is 65.6 cm³/mol. The normalized spacial score (nSPS) is 17.9. The maximum atomic E-state index is 10.4. The minimum Gasteiger partial charge on any atom is -0.395 e. The molecule has 0 aromatic rings. The molecule has 1 heterocycles. The van der Waals surface area contributed by atoms with Gasteiger partial charge in [0.15, 0.2) is 0 Å². The van der Waals surface area contributed by atoms with E-state index in [9.17, 15) is 8.42 Å². The largest absolute Gasteiger partial charge is 0.395 e. The van der Waals surface area contributed by atoms with Gasteiger partial charge in [-0.05, 0) is 12.8 Å². The zero-order valence-corrected chi connectivity index (χ0v) is 10.9. The Balaban J connectivity index is 0.000000318. The summed E-state index contributed by atoms with van der Waals surface area (Å²) in [5, 5.41) is 25.5. The first-order valence-corrected chi connectivity index (χ1v) is 7.63. The summed E-state index contributed by atoms with van der Waals surface area (Å²) in [6.07, 6.45) is 1.75. The van der Waals surface area contributed by atoms with Crippen LogP contribution in [0.5, 0.6) is 0 Å². The molecule has 0 aromatic heterocycles. The lowest BCUT2D eigenvalue weighted by Gasteiger charge is -2.17. The monoisotopic (exact) mass is 269 g/mol. The molecule has 7 heteroatoms. The third-order valence-corrected chi connectivity index (χ3v) is 4.23. The molecule has 104 valence electrons. The van der Waals surface area contributed by atoms with Crippen LogP contribution < -0.4 is 0 Å². The summed E-state index contributed by atoms with van der Waals surface area (Å²) >= 11 is 0. The van der Waals surface area contributed by atoms with Gasteiger partial charge in [-0.25, -0.2) is 8.42 Å². The lowest BCUT2D eigenvalue weighted by atomic mass is 10.4. The van der Waals surface area contributed by atoms with Crippen LogP contribution in [-0.4, -0.2) is 79.6 Å². The minimum atomic E-state index is -2.55. The molecule has 0 aromatic carbocycles. The van der Waals surface area contributed by atoms with E-state index in [2.05, 4.69) is 0 Å². The summed E-state index contributed by atoms with van der Waals surface area (Å²) in [5.41, 5.74) is 0. The fraction of sp³-hybridized carbons (Fsp3) is 1.00. The molecule has 0 bridgehead atoms. The first kappa shape index (κ1) is 16.8. The summed E-state index contributed by atoms with van der Waals surface area (Å²) in [5.74, 6) is 0.847. The third kappa shape index (κ3) is 9.49. The first-order chi connectivity index (χ1) is 8.05. The molecule has 1 aliphatic heterocycles. The van der Waals surface area contributed by atoms with Gasteiger partial charge in [0.2, 0.25) is 0 Å². The van der Waals surface area contributed by atoms with Crippen molar-refractivity contribution in [3.63, 3.8) is 0 Å². The van der Waals surface area contributed by atoms with Crippen molar-refractivity contribution < 1.29 is 23.7 Å². The first-order valence-electron chi connectivity index (χ1n) is 5.81. The van der Waals surface area contributed by atoms with Crippen molar-refractivity contribution in [3.8, 4) is 0 Å². The number of hydrogen-bond acceptors (Lipinski definition) is 6. The molecule has 0 unspecified atom stereocenters. The lowest BCUT2D eigenvalue weighted by Crippen LogP contribution is -2.32. The van der Waals surface area contributed by atoms with Crippen LogP contribution in [0.3, 0.4) is 0 Å². The molecule has 0 atom stereocenters. The average Bonchev–Trinajstić information content (AvgIpc) is 2.65. The quantitative estimate of drug-likeness (QED) is 0.540. The average molecular weight is 269 g/mol. The molecule has 6 nitrogen and oxygen atoms in total. The highest BCUT2D eigenvalue weighted by Crippen LogP contribution is 2.08. The molecule has 3 N–H and O–H groups in total. The Morgan fingerprint density at radius 3 is 1.35 bits per heavy atom. The number of sulfone groups is 1. The fourth-order valence-corrected chi connectivity index (χ4v) is 3.00. The van der Waals surface area contributed by atoms with Crippen molar-refractivity contribution in [3.05, 3.63) is 0 Å². The van der Waals surface area contributed by atoms with E-state index in [1.807, 2.05) is 0 Å². The summed E-state index contributed by atoms with van der Waals surface area (Å²) in [6.45, 7) is 1.75. The van der Waals surface area contributed by atoms with Gasteiger partial charge in [0.25, 0.3) is 0 Å². The molecule has 1 rings (SSSR count).